The van der Waals surface area contributed by atoms with Gasteiger partial charge in [-0.1, -0.05) is 35.9 Å². The molecule has 0 aliphatic carbocycles. The lowest BCUT2D eigenvalue weighted by atomic mass is 10.1. The lowest BCUT2D eigenvalue weighted by Gasteiger charge is -2.13. The van der Waals surface area contributed by atoms with E-state index >= 15 is 0 Å². The number of nitro groups is 1. The number of carbonyl (C=O) groups is 1. The highest BCUT2D eigenvalue weighted by Gasteiger charge is 2.15. The van der Waals surface area contributed by atoms with E-state index in [0.717, 1.165) is 5.56 Å². The molecule has 0 bridgehead atoms. The van der Waals surface area contributed by atoms with Crippen molar-refractivity contribution in [2.24, 2.45) is 5.10 Å². The van der Waals surface area contributed by atoms with E-state index in [2.05, 4.69) is 25.8 Å². The van der Waals surface area contributed by atoms with E-state index in [9.17, 15) is 14.9 Å². The Balaban J connectivity index is 1.64. The second-order valence-electron chi connectivity index (χ2n) is 7.68. The molecule has 0 atom stereocenters. The van der Waals surface area contributed by atoms with Crippen LogP contribution in [-0.2, 0) is 0 Å². The van der Waals surface area contributed by atoms with E-state index in [1.807, 2.05) is 0 Å². The van der Waals surface area contributed by atoms with Crippen LogP contribution in [0.15, 0.2) is 77.9 Å². The molecule has 1 heterocycles. The maximum Gasteiger partial charge on any atom is 0.342 e. The molecular formula is C26H21ClN6O5. The van der Waals surface area contributed by atoms with Crippen LogP contribution in [-0.4, -0.2) is 41.4 Å². The molecule has 1 aromatic heterocycles. The molecule has 0 unspecified atom stereocenters. The summed E-state index contributed by atoms with van der Waals surface area (Å²) in [6.45, 7) is 0. The number of methoxy groups -OCH3 is 2. The van der Waals surface area contributed by atoms with Gasteiger partial charge in [0.25, 0.3) is 5.69 Å². The quantitative estimate of drug-likeness (QED) is 0.172. The largest absolute Gasteiger partial charge is 0.497 e. The Bertz CT molecular complexity index is 1510. The molecule has 0 fully saturated rings. The van der Waals surface area contributed by atoms with Gasteiger partial charge in [0.05, 0.1) is 42.3 Å². The molecule has 4 aromatic rings. The summed E-state index contributed by atoms with van der Waals surface area (Å²) in [6, 6.07) is 19.3. The molecule has 192 valence electrons. The van der Waals surface area contributed by atoms with Crippen LogP contribution in [0, 0.1) is 10.1 Å². The van der Waals surface area contributed by atoms with Gasteiger partial charge in [-0.25, -0.2) is 20.2 Å². The minimum atomic E-state index is -0.749. The lowest BCUT2D eigenvalue weighted by molar-refractivity contribution is -0.385. The van der Waals surface area contributed by atoms with Crippen molar-refractivity contribution in [3.05, 3.63) is 93.5 Å². The van der Waals surface area contributed by atoms with E-state index in [1.165, 1.54) is 31.5 Å². The van der Waals surface area contributed by atoms with E-state index in [0.29, 0.717) is 33.5 Å². The molecule has 0 radical (unpaired) electrons. The topological polar surface area (TPSA) is 141 Å². The van der Waals surface area contributed by atoms with Crippen molar-refractivity contribution in [2.45, 2.75) is 0 Å². The van der Waals surface area contributed by atoms with Gasteiger partial charge in [0, 0.05) is 28.3 Å². The maximum absolute atomic E-state index is 12.6. The number of para-hydroxylation sites is 1. The van der Waals surface area contributed by atoms with Crippen LogP contribution < -0.4 is 20.2 Å². The number of anilines is 1. The zero-order valence-corrected chi connectivity index (χ0v) is 21.0. The standard InChI is InChI=1S/C26H21ClN6O5/c1-37-19-11-12-20(24(13-19)38-2)22-14-21(16-7-9-18(27)10-8-16)29-25(30-22)31-26(34)32-28-15-17-5-3-4-6-23(17)33(35)36/h3-15H,1-2H3,(H2,29,30,31,32,34)/b28-15-. The molecule has 11 nitrogen and oxygen atoms in total. The lowest BCUT2D eigenvalue weighted by Crippen LogP contribution is -2.25. The van der Waals surface area contributed by atoms with Crippen molar-refractivity contribution in [3.8, 4) is 34.0 Å². The summed E-state index contributed by atoms with van der Waals surface area (Å²) in [6.07, 6.45) is 1.18. The number of rotatable bonds is 8. The summed E-state index contributed by atoms with van der Waals surface area (Å²) >= 11 is 6.04. The number of hydrogen-bond acceptors (Lipinski definition) is 8. The number of hydrazone groups is 1. The van der Waals surface area contributed by atoms with Gasteiger partial charge in [0.15, 0.2) is 0 Å². The minimum absolute atomic E-state index is 0.0105. The molecule has 0 saturated carbocycles. The Morgan fingerprint density at radius 1 is 1.00 bits per heavy atom. The fourth-order valence-electron chi connectivity index (χ4n) is 3.47. The molecule has 2 amide bonds. The summed E-state index contributed by atoms with van der Waals surface area (Å²) in [7, 11) is 3.08. The third-order valence-electron chi connectivity index (χ3n) is 5.28. The summed E-state index contributed by atoms with van der Waals surface area (Å²) in [5, 5.41) is 18.1. The third-order valence-corrected chi connectivity index (χ3v) is 5.53. The number of amides is 2. The summed E-state index contributed by atoms with van der Waals surface area (Å²) < 4.78 is 10.8. The Kier molecular flexibility index (Phi) is 8.09. The Morgan fingerprint density at radius 2 is 1.74 bits per heavy atom. The van der Waals surface area contributed by atoms with Gasteiger partial charge < -0.3 is 9.47 Å². The van der Waals surface area contributed by atoms with Gasteiger partial charge in [-0.2, -0.15) is 5.10 Å². The predicted molar refractivity (Wildman–Crippen MR) is 144 cm³/mol. The smallest absolute Gasteiger partial charge is 0.342 e. The molecule has 12 heteroatoms. The van der Waals surface area contributed by atoms with Crippen molar-refractivity contribution < 1.29 is 19.2 Å². The van der Waals surface area contributed by atoms with Gasteiger partial charge in [0.1, 0.15) is 11.5 Å². The molecule has 0 aliphatic heterocycles. The normalized spacial score (nSPS) is 10.7. The van der Waals surface area contributed by atoms with Crippen molar-refractivity contribution in [2.75, 3.05) is 19.5 Å². The molecule has 0 spiro atoms. The number of urea groups is 1. The summed E-state index contributed by atoms with van der Waals surface area (Å²) in [5.74, 6) is 1.10. The first kappa shape index (κ1) is 26.0. The van der Waals surface area contributed by atoms with Crippen LogP contribution in [0.2, 0.25) is 5.02 Å². The average molecular weight is 533 g/mol. The van der Waals surface area contributed by atoms with E-state index in [-0.39, 0.29) is 17.2 Å². The van der Waals surface area contributed by atoms with E-state index in [4.69, 9.17) is 21.1 Å². The van der Waals surface area contributed by atoms with E-state index < -0.39 is 11.0 Å². The van der Waals surface area contributed by atoms with Crippen molar-refractivity contribution >= 4 is 35.5 Å². The van der Waals surface area contributed by atoms with Gasteiger partial charge in [-0.05, 0) is 36.4 Å². The Labute approximate surface area is 222 Å². The number of nitrogens with zero attached hydrogens (tertiary/aromatic N) is 4. The molecule has 4 rings (SSSR count). The number of nitrogens with one attached hydrogen (secondary N) is 2. The highest BCUT2D eigenvalue weighted by Crippen LogP contribution is 2.34. The summed E-state index contributed by atoms with van der Waals surface area (Å²) in [5.41, 5.74) is 4.73. The molecule has 2 N–H and O–H groups in total. The second-order valence-corrected chi connectivity index (χ2v) is 8.11. The summed E-state index contributed by atoms with van der Waals surface area (Å²) in [4.78, 5) is 32.1. The fourth-order valence-corrected chi connectivity index (χ4v) is 3.60. The monoisotopic (exact) mass is 532 g/mol. The molecule has 3 aromatic carbocycles. The van der Waals surface area contributed by atoms with Gasteiger partial charge in [-0.15, -0.1) is 0 Å². The van der Waals surface area contributed by atoms with E-state index in [1.54, 1.807) is 61.7 Å². The Hall–Kier alpha value is -5.03. The number of carbonyl (C=O) groups excluding carboxylic acids is 1. The van der Waals surface area contributed by atoms with Crippen molar-refractivity contribution in [3.63, 3.8) is 0 Å². The van der Waals surface area contributed by atoms with Gasteiger partial charge in [-0.3, -0.25) is 15.4 Å². The molecule has 0 aliphatic rings. The first-order valence-electron chi connectivity index (χ1n) is 11.1. The zero-order valence-electron chi connectivity index (χ0n) is 20.2. The van der Waals surface area contributed by atoms with Gasteiger partial charge >= 0.3 is 6.03 Å². The third kappa shape index (κ3) is 6.20. The number of hydrogen-bond donors (Lipinski definition) is 2. The molecule has 38 heavy (non-hydrogen) atoms. The van der Waals surface area contributed by atoms with Crippen LogP contribution in [0.3, 0.4) is 0 Å². The highest BCUT2D eigenvalue weighted by atomic mass is 35.5. The second kappa shape index (κ2) is 11.8. The van der Waals surface area contributed by atoms with Crippen LogP contribution in [0.4, 0.5) is 16.4 Å². The van der Waals surface area contributed by atoms with Crippen LogP contribution in [0.1, 0.15) is 5.56 Å². The van der Waals surface area contributed by atoms with Crippen LogP contribution in [0.25, 0.3) is 22.5 Å². The molecule has 0 saturated heterocycles. The fraction of sp³-hybridized carbons (Fsp3) is 0.0769. The number of halogens is 1. The van der Waals surface area contributed by atoms with Crippen molar-refractivity contribution in [1.82, 2.24) is 15.4 Å². The first-order chi connectivity index (χ1) is 18.4. The SMILES string of the molecule is COc1ccc(-c2cc(-c3ccc(Cl)cc3)nc(NC(=O)N/N=C\c3ccccc3[N+](=O)[O-])n2)c(OC)c1. The predicted octanol–water partition coefficient (Wildman–Crippen LogP) is 5.55. The maximum atomic E-state index is 12.6. The minimum Gasteiger partial charge on any atom is -0.497 e. The zero-order chi connectivity index (χ0) is 27.1. The first-order valence-corrected chi connectivity index (χ1v) is 11.5. The number of nitro benzene ring substituents is 1. The van der Waals surface area contributed by atoms with Gasteiger partial charge in [0.2, 0.25) is 5.95 Å². The van der Waals surface area contributed by atoms with Crippen molar-refractivity contribution in [1.29, 1.82) is 0 Å². The molecular weight excluding hydrogens is 512 g/mol. The Morgan fingerprint density at radius 3 is 2.45 bits per heavy atom. The number of benzene rings is 3. The van der Waals surface area contributed by atoms with Crippen LogP contribution >= 0.6 is 11.6 Å². The number of aromatic nitrogens is 2. The number of ether oxygens (including phenoxy) is 2. The average Bonchev–Trinajstić information content (AvgIpc) is 2.93. The highest BCUT2D eigenvalue weighted by molar-refractivity contribution is 6.30. The van der Waals surface area contributed by atoms with Crippen LogP contribution in [0.5, 0.6) is 11.5 Å².